The molecule has 1 N–H and O–H groups in total. The third-order valence-electron chi connectivity index (χ3n) is 3.14. The predicted molar refractivity (Wildman–Crippen MR) is 86.2 cm³/mol. The monoisotopic (exact) mass is 330 g/mol. The minimum atomic E-state index is -0.372. The lowest BCUT2D eigenvalue weighted by atomic mass is 10.1. The topological polar surface area (TPSA) is 42.0 Å². The molecule has 0 aliphatic heterocycles. The third-order valence-corrected chi connectivity index (χ3v) is 3.90. The van der Waals surface area contributed by atoms with E-state index >= 15 is 0 Å². The average Bonchev–Trinajstić information content (AvgIpc) is 2.96. The van der Waals surface area contributed by atoms with Gasteiger partial charge in [-0.2, -0.15) is 0 Å². The van der Waals surface area contributed by atoms with Crippen LogP contribution in [0.15, 0.2) is 53.9 Å². The minimum Gasteiger partial charge on any atom is -0.302 e. The highest BCUT2D eigenvalue weighted by Crippen LogP contribution is 2.25. The van der Waals surface area contributed by atoms with Crippen LogP contribution in [0.3, 0.4) is 0 Å². The number of thiazole rings is 1. The molecule has 1 aromatic heterocycles. The van der Waals surface area contributed by atoms with Crippen LogP contribution < -0.4 is 5.32 Å². The van der Waals surface area contributed by atoms with Gasteiger partial charge in [-0.1, -0.05) is 12.1 Å². The summed E-state index contributed by atoms with van der Waals surface area (Å²) in [6, 6.07) is 11.9. The van der Waals surface area contributed by atoms with Crippen molar-refractivity contribution in [1.82, 2.24) is 4.98 Å². The number of aromatic nitrogens is 1. The molecule has 0 unspecified atom stereocenters. The van der Waals surface area contributed by atoms with Gasteiger partial charge in [-0.3, -0.25) is 4.79 Å². The minimum absolute atomic E-state index is 0.0726. The highest BCUT2D eigenvalue weighted by atomic mass is 32.1. The number of rotatable bonds is 4. The maximum atomic E-state index is 13.1. The molecule has 116 valence electrons. The van der Waals surface area contributed by atoms with Crippen LogP contribution in [-0.2, 0) is 11.2 Å². The zero-order valence-electron chi connectivity index (χ0n) is 11.9. The first kappa shape index (κ1) is 15.3. The molecule has 0 saturated carbocycles. The van der Waals surface area contributed by atoms with Gasteiger partial charge in [0.15, 0.2) is 5.13 Å². The standard InChI is InChI=1S/C17H12F2N2OS/c18-13-6-4-12(5-7-13)15-10-23-17(20-15)21-16(22)9-11-2-1-3-14(19)8-11/h1-8,10H,9H2,(H,20,21,22). The van der Waals surface area contributed by atoms with Crippen molar-refractivity contribution in [2.24, 2.45) is 0 Å². The molecule has 3 nitrogen and oxygen atoms in total. The summed E-state index contributed by atoms with van der Waals surface area (Å²) in [5.41, 5.74) is 2.03. The van der Waals surface area contributed by atoms with Crippen molar-refractivity contribution in [3.05, 3.63) is 71.1 Å². The Bertz CT molecular complexity index is 831. The third kappa shape index (κ3) is 3.98. The molecule has 0 fully saturated rings. The van der Waals surface area contributed by atoms with E-state index in [0.29, 0.717) is 16.4 Å². The van der Waals surface area contributed by atoms with E-state index in [9.17, 15) is 13.6 Å². The molecule has 2 aromatic carbocycles. The van der Waals surface area contributed by atoms with Crippen molar-refractivity contribution in [3.8, 4) is 11.3 Å². The maximum absolute atomic E-state index is 13.1. The lowest BCUT2D eigenvalue weighted by Gasteiger charge is -2.02. The molecule has 0 radical (unpaired) electrons. The van der Waals surface area contributed by atoms with Crippen molar-refractivity contribution in [2.45, 2.75) is 6.42 Å². The van der Waals surface area contributed by atoms with E-state index in [2.05, 4.69) is 10.3 Å². The fourth-order valence-electron chi connectivity index (χ4n) is 2.08. The van der Waals surface area contributed by atoms with Gasteiger partial charge in [-0.05, 0) is 42.0 Å². The molecule has 0 aliphatic rings. The lowest BCUT2D eigenvalue weighted by molar-refractivity contribution is -0.115. The van der Waals surface area contributed by atoms with E-state index in [0.717, 1.165) is 5.56 Å². The number of carbonyl (C=O) groups is 1. The SMILES string of the molecule is O=C(Cc1cccc(F)c1)Nc1nc(-c2ccc(F)cc2)cs1. The first-order chi connectivity index (χ1) is 11.1. The van der Waals surface area contributed by atoms with Crippen molar-refractivity contribution in [2.75, 3.05) is 5.32 Å². The molecule has 23 heavy (non-hydrogen) atoms. The Morgan fingerprint density at radius 1 is 1.09 bits per heavy atom. The van der Waals surface area contributed by atoms with Crippen LogP contribution in [0.4, 0.5) is 13.9 Å². The van der Waals surface area contributed by atoms with Crippen molar-refractivity contribution >= 4 is 22.4 Å². The van der Waals surface area contributed by atoms with Crippen molar-refractivity contribution in [1.29, 1.82) is 0 Å². The van der Waals surface area contributed by atoms with E-state index in [1.165, 1.54) is 35.6 Å². The molecule has 1 heterocycles. The Morgan fingerprint density at radius 2 is 1.87 bits per heavy atom. The molecule has 0 bridgehead atoms. The van der Waals surface area contributed by atoms with E-state index in [1.54, 1.807) is 29.6 Å². The molecule has 1 amide bonds. The quantitative estimate of drug-likeness (QED) is 0.776. The summed E-state index contributed by atoms with van der Waals surface area (Å²) in [6.45, 7) is 0. The van der Waals surface area contributed by atoms with Gasteiger partial charge in [0.2, 0.25) is 5.91 Å². The van der Waals surface area contributed by atoms with E-state index < -0.39 is 0 Å². The average molecular weight is 330 g/mol. The number of nitrogens with zero attached hydrogens (tertiary/aromatic N) is 1. The second kappa shape index (κ2) is 6.66. The predicted octanol–water partition coefficient (Wildman–Crippen LogP) is 4.27. The first-order valence-corrected chi connectivity index (χ1v) is 7.74. The van der Waals surface area contributed by atoms with Crippen LogP contribution in [0.1, 0.15) is 5.56 Å². The Morgan fingerprint density at radius 3 is 2.61 bits per heavy atom. The fourth-order valence-corrected chi connectivity index (χ4v) is 2.82. The van der Waals surface area contributed by atoms with Crippen LogP contribution in [0, 0.1) is 11.6 Å². The summed E-state index contributed by atoms with van der Waals surface area (Å²) in [6.07, 6.45) is 0.0726. The van der Waals surface area contributed by atoms with Gasteiger partial charge < -0.3 is 5.32 Å². The number of hydrogen-bond acceptors (Lipinski definition) is 3. The highest BCUT2D eigenvalue weighted by molar-refractivity contribution is 7.14. The molecular formula is C17H12F2N2OS. The van der Waals surface area contributed by atoms with Crippen molar-refractivity contribution < 1.29 is 13.6 Å². The Kier molecular flexibility index (Phi) is 4.43. The van der Waals surface area contributed by atoms with Gasteiger partial charge in [0.25, 0.3) is 0 Å². The van der Waals surface area contributed by atoms with Gasteiger partial charge in [0, 0.05) is 10.9 Å². The lowest BCUT2D eigenvalue weighted by Crippen LogP contribution is -2.14. The summed E-state index contributed by atoms with van der Waals surface area (Å²) in [7, 11) is 0. The molecular weight excluding hydrogens is 318 g/mol. The molecule has 0 aliphatic carbocycles. The molecule has 3 rings (SSSR count). The van der Waals surface area contributed by atoms with Crippen LogP contribution in [0.25, 0.3) is 11.3 Å². The summed E-state index contributed by atoms with van der Waals surface area (Å²) in [5.74, 6) is -0.952. The second-order valence-corrected chi connectivity index (χ2v) is 5.76. The zero-order valence-corrected chi connectivity index (χ0v) is 12.7. The summed E-state index contributed by atoms with van der Waals surface area (Å²) < 4.78 is 26.0. The summed E-state index contributed by atoms with van der Waals surface area (Å²) in [4.78, 5) is 16.3. The highest BCUT2D eigenvalue weighted by Gasteiger charge is 2.09. The smallest absolute Gasteiger partial charge is 0.230 e. The van der Waals surface area contributed by atoms with Gasteiger partial charge in [-0.25, -0.2) is 13.8 Å². The fraction of sp³-hybridized carbons (Fsp3) is 0.0588. The van der Waals surface area contributed by atoms with Crippen LogP contribution in [0.5, 0.6) is 0 Å². The van der Waals surface area contributed by atoms with Gasteiger partial charge >= 0.3 is 0 Å². The Labute approximate surface area is 135 Å². The number of nitrogens with one attached hydrogen (secondary N) is 1. The number of carbonyl (C=O) groups excluding carboxylic acids is 1. The molecule has 0 atom stereocenters. The Balaban J connectivity index is 1.66. The van der Waals surface area contributed by atoms with E-state index in [4.69, 9.17) is 0 Å². The molecule has 6 heteroatoms. The number of halogens is 2. The zero-order chi connectivity index (χ0) is 16.2. The summed E-state index contributed by atoms with van der Waals surface area (Å²) >= 11 is 1.28. The van der Waals surface area contributed by atoms with Gasteiger partial charge in [-0.15, -0.1) is 11.3 Å². The Hall–Kier alpha value is -2.60. The molecule has 0 spiro atoms. The van der Waals surface area contributed by atoms with E-state index in [1.807, 2.05) is 0 Å². The first-order valence-electron chi connectivity index (χ1n) is 6.86. The van der Waals surface area contributed by atoms with Crippen LogP contribution in [-0.4, -0.2) is 10.9 Å². The number of anilines is 1. The second-order valence-electron chi connectivity index (χ2n) is 4.90. The number of amides is 1. The normalized spacial score (nSPS) is 10.5. The van der Waals surface area contributed by atoms with Gasteiger partial charge in [0.1, 0.15) is 11.6 Å². The summed E-state index contributed by atoms with van der Waals surface area (Å²) in [5, 5.41) is 4.92. The van der Waals surface area contributed by atoms with Crippen molar-refractivity contribution in [3.63, 3.8) is 0 Å². The van der Waals surface area contributed by atoms with Crippen LogP contribution >= 0.6 is 11.3 Å². The molecule has 0 saturated heterocycles. The number of hydrogen-bond donors (Lipinski definition) is 1. The maximum Gasteiger partial charge on any atom is 0.230 e. The van der Waals surface area contributed by atoms with E-state index in [-0.39, 0.29) is 24.0 Å². The molecule has 3 aromatic rings. The van der Waals surface area contributed by atoms with Gasteiger partial charge in [0.05, 0.1) is 12.1 Å². The largest absolute Gasteiger partial charge is 0.302 e. The number of benzene rings is 2. The van der Waals surface area contributed by atoms with Crippen LogP contribution in [0.2, 0.25) is 0 Å².